The lowest BCUT2D eigenvalue weighted by atomic mass is 10.1. The predicted octanol–water partition coefficient (Wildman–Crippen LogP) is 15.1. The van der Waals surface area contributed by atoms with Crippen molar-refractivity contribution in [3.63, 3.8) is 0 Å². The minimum Gasteiger partial charge on any atom is -0.457 e. The van der Waals surface area contributed by atoms with Gasteiger partial charge in [-0.25, -0.2) is 58.3 Å². The van der Waals surface area contributed by atoms with E-state index >= 15 is 0 Å². The van der Waals surface area contributed by atoms with Gasteiger partial charge in [0.2, 0.25) is 38.1 Å². The Bertz CT molecular complexity index is 5920. The first kappa shape index (κ1) is 88.0. The molecule has 36 nitrogen and oxygen atoms in total. The number of aromatic nitrogens is 12. The van der Waals surface area contributed by atoms with E-state index in [4.69, 9.17) is 53.2 Å². The molecule has 3 saturated heterocycles. The molecule has 0 saturated carbocycles. The molecule has 0 aliphatic carbocycles. The number of esters is 3. The molecule has 0 bridgehead atoms. The van der Waals surface area contributed by atoms with Crippen molar-refractivity contribution >= 4 is 104 Å². The summed E-state index contributed by atoms with van der Waals surface area (Å²) in [4.78, 5) is 141. The van der Waals surface area contributed by atoms with Crippen LogP contribution in [0.15, 0.2) is 221 Å². The summed E-state index contributed by atoms with van der Waals surface area (Å²) in [6.45, 7) is 18.6. The highest BCUT2D eigenvalue weighted by molar-refractivity contribution is 6.06. The van der Waals surface area contributed by atoms with Crippen molar-refractivity contribution in [1.29, 1.82) is 0 Å². The number of carbonyl (C=O) groups excluding carboxylic acids is 9. The Morgan fingerprint density at radius 1 is 0.397 bits per heavy atom. The second-order valence-electron chi connectivity index (χ2n) is 29.0. The number of para-hydroxylation sites is 3. The zero-order valence-corrected chi connectivity index (χ0v) is 69.4. The van der Waals surface area contributed by atoms with Gasteiger partial charge >= 0.3 is 36.2 Å². The molecule has 6 aromatic carbocycles. The van der Waals surface area contributed by atoms with Crippen LogP contribution in [-0.2, 0) is 57.2 Å². The topological polar surface area (TPSA) is 413 Å². The Balaban J connectivity index is 0.000000162. The normalized spacial score (nSPS) is 14.7. The number of likely N-dealkylation sites (tertiary alicyclic amines) is 3. The summed E-state index contributed by atoms with van der Waals surface area (Å²) < 4.78 is 52.6. The monoisotopic (exact) mass is 1710 g/mol. The summed E-state index contributed by atoms with van der Waals surface area (Å²) in [6.07, 6.45) is 10.1. The van der Waals surface area contributed by atoms with Gasteiger partial charge in [-0.05, 0) is 166 Å². The zero-order chi connectivity index (χ0) is 88.6. The van der Waals surface area contributed by atoms with E-state index in [1.165, 1.54) is 44.1 Å². The van der Waals surface area contributed by atoms with E-state index in [0.29, 0.717) is 124 Å². The average Bonchev–Trinajstić information content (AvgIpc) is 1.62. The minimum atomic E-state index is -0.864. The smallest absolute Gasteiger partial charge is 0.415 e. The SMILES string of the molecule is C=CC(=O)N1CCC[C@@H](n2nc(-c3ccc(Oc4ccccc4)cc3)c3c(NC(=O)OCOC(=O)C(C)C)ncnc32)C1.C=CC(=O)N1CCC[C@@H](n2nc(-c3ccc(Oc4ccccc4)cc3)c3c(NC(=O)OCOC(=O)CC)ncnc32)C1.C=CC(=O)N1CCC[C@@H](n2nc(-c3ccc(Oc4ccccc4)cc3)c3c(NC(=O)OCOC(C)=O)ncnc32)C1. The summed E-state index contributed by atoms with van der Waals surface area (Å²) >= 11 is 0. The molecule has 3 aliphatic rings. The van der Waals surface area contributed by atoms with E-state index < -0.39 is 56.6 Å². The number of carbonyl (C=O) groups is 9. The fourth-order valence-corrected chi connectivity index (χ4v) is 14.1. The van der Waals surface area contributed by atoms with E-state index in [-0.39, 0.29) is 65.6 Å². The summed E-state index contributed by atoms with van der Waals surface area (Å²) in [6, 6.07) is 49.9. The van der Waals surface area contributed by atoms with Gasteiger partial charge in [0.25, 0.3) is 0 Å². The third-order valence-corrected chi connectivity index (χ3v) is 20.1. The highest BCUT2D eigenvalue weighted by atomic mass is 16.7. The first-order valence-electron chi connectivity index (χ1n) is 40.4. The molecular formula is C90H90N18O18. The fourth-order valence-electron chi connectivity index (χ4n) is 14.1. The highest BCUT2D eigenvalue weighted by Crippen LogP contribution is 2.41. The van der Waals surface area contributed by atoms with Crippen molar-refractivity contribution in [1.82, 2.24) is 73.9 Å². The third-order valence-electron chi connectivity index (χ3n) is 20.1. The number of anilines is 3. The zero-order valence-electron chi connectivity index (χ0n) is 69.4. The molecule has 3 atom stereocenters. The molecule has 0 unspecified atom stereocenters. The first-order valence-corrected chi connectivity index (χ1v) is 40.4. The summed E-state index contributed by atoms with van der Waals surface area (Å²) in [5.74, 6) is 2.19. The number of hydrogen-bond donors (Lipinski definition) is 3. The van der Waals surface area contributed by atoms with E-state index in [1.54, 1.807) is 49.5 Å². The second kappa shape index (κ2) is 42.1. The molecular weight excluding hydrogens is 1620 g/mol. The van der Waals surface area contributed by atoms with Gasteiger partial charge in [0.15, 0.2) is 34.4 Å². The highest BCUT2D eigenvalue weighted by Gasteiger charge is 2.34. The summed E-state index contributed by atoms with van der Waals surface area (Å²) in [5.41, 5.74) is 5.21. The van der Waals surface area contributed by atoms with E-state index in [0.717, 1.165) is 55.2 Å². The Morgan fingerprint density at radius 2 is 0.690 bits per heavy atom. The van der Waals surface area contributed by atoms with Gasteiger partial charge in [-0.15, -0.1) is 0 Å². The molecule has 648 valence electrons. The molecule has 12 aromatic rings. The van der Waals surface area contributed by atoms with E-state index in [2.05, 4.69) is 70.3 Å². The number of ether oxygens (including phenoxy) is 9. The van der Waals surface area contributed by atoms with Gasteiger partial charge in [0.05, 0.1) is 40.2 Å². The number of piperidine rings is 3. The molecule has 3 N–H and O–H groups in total. The lowest BCUT2D eigenvalue weighted by Crippen LogP contribution is -2.40. The van der Waals surface area contributed by atoms with Gasteiger partial charge in [0, 0.05) is 69.3 Å². The van der Waals surface area contributed by atoms with Gasteiger partial charge < -0.3 is 57.3 Å². The molecule has 0 radical (unpaired) electrons. The van der Waals surface area contributed by atoms with Crippen LogP contribution in [0, 0.1) is 5.92 Å². The Morgan fingerprint density at radius 3 is 0.976 bits per heavy atom. The van der Waals surface area contributed by atoms with Crippen molar-refractivity contribution in [3.8, 4) is 68.3 Å². The third kappa shape index (κ3) is 22.3. The van der Waals surface area contributed by atoms with Crippen LogP contribution in [0.5, 0.6) is 34.5 Å². The van der Waals surface area contributed by atoms with Crippen LogP contribution in [0.4, 0.5) is 31.8 Å². The Kier molecular flexibility index (Phi) is 29.4. The van der Waals surface area contributed by atoms with Crippen LogP contribution in [-0.4, -0.2) is 188 Å². The number of amides is 6. The van der Waals surface area contributed by atoms with Crippen LogP contribution in [0.2, 0.25) is 0 Å². The van der Waals surface area contributed by atoms with Crippen molar-refractivity contribution < 1.29 is 85.8 Å². The van der Waals surface area contributed by atoms with Crippen LogP contribution >= 0.6 is 0 Å². The lowest BCUT2D eigenvalue weighted by Gasteiger charge is -2.32. The number of hydrogen-bond acceptors (Lipinski definition) is 27. The van der Waals surface area contributed by atoms with Crippen LogP contribution < -0.4 is 30.2 Å². The maximum Gasteiger partial charge on any atom is 0.415 e. The van der Waals surface area contributed by atoms with Gasteiger partial charge in [-0.2, -0.15) is 15.3 Å². The fraction of sp³-hybridized carbons (Fsp3) is 0.267. The molecule has 0 spiro atoms. The molecule has 3 fully saturated rings. The van der Waals surface area contributed by atoms with Crippen molar-refractivity contribution in [2.75, 3.05) is 75.6 Å². The van der Waals surface area contributed by atoms with Crippen LogP contribution in [0.25, 0.3) is 66.9 Å². The minimum absolute atomic E-state index is 0.145. The second-order valence-corrected chi connectivity index (χ2v) is 29.0. The molecule has 6 aromatic heterocycles. The number of nitrogens with zero attached hydrogens (tertiary/aromatic N) is 15. The lowest BCUT2D eigenvalue weighted by molar-refractivity contribution is -0.155. The van der Waals surface area contributed by atoms with Gasteiger partial charge in [-0.1, -0.05) is 95.1 Å². The first-order chi connectivity index (χ1) is 61.2. The molecule has 36 heteroatoms. The van der Waals surface area contributed by atoms with Crippen LogP contribution in [0.3, 0.4) is 0 Å². The van der Waals surface area contributed by atoms with Gasteiger partial charge in [0.1, 0.15) is 70.6 Å². The number of benzene rings is 6. The van der Waals surface area contributed by atoms with E-state index in [1.807, 2.05) is 164 Å². The number of nitrogens with one attached hydrogen (secondary N) is 3. The maximum absolute atomic E-state index is 12.7. The average molecular weight is 1710 g/mol. The Hall–Kier alpha value is -15.8. The molecule has 3 aliphatic heterocycles. The predicted molar refractivity (Wildman–Crippen MR) is 461 cm³/mol. The van der Waals surface area contributed by atoms with Crippen molar-refractivity contribution in [2.24, 2.45) is 5.92 Å². The van der Waals surface area contributed by atoms with Gasteiger partial charge in [-0.3, -0.25) is 44.7 Å². The standard InChI is InChI=1S/C31H32N6O6.C30H30N6O6.C29H28N6O6/c1-4-25(38)36-16-8-9-22(17-36)37-29-26(28(32-18-33-29)34-31(40)42-19-41-30(39)20(2)3)27(35-37)21-12-14-24(15-13-21)43-23-10-6-5-7-11-23;1-3-24(37)35-16-8-9-21(17-35)36-29-26(28(31-18-32-29)33-30(39)41-19-40-25(38)4-2)27(34-36)20-12-14-23(15-13-20)42-22-10-6-5-7-11-22;1-3-24(37)34-15-7-8-21(16-34)35-28-25(27(30-17-31-28)32-29(38)40-18-39-19(2)36)26(33-35)20-11-13-23(14-12-20)41-22-9-5-4-6-10-22/h4-7,10-15,18,20,22H,1,8-9,16-17,19H2,2-3H3,(H,32,33,34,40);3,5-7,10-15,18,21H,1,4,8-9,16-17,19H2,2H3,(H,31,32,33,39);3-6,9-14,17,21H,1,7-8,15-16,18H2,2H3,(H,30,31,32,38)/t22-;2*21-/m111/s1. The molecule has 6 amide bonds. The maximum atomic E-state index is 12.7. The van der Waals surface area contributed by atoms with Crippen molar-refractivity contribution in [2.45, 2.75) is 90.8 Å². The summed E-state index contributed by atoms with van der Waals surface area (Å²) in [5, 5.41) is 24.1. The molecule has 126 heavy (non-hydrogen) atoms. The summed E-state index contributed by atoms with van der Waals surface area (Å²) in [7, 11) is 0. The number of rotatable bonds is 26. The Labute approximate surface area is 722 Å². The van der Waals surface area contributed by atoms with E-state index in [9.17, 15) is 43.2 Å². The largest absolute Gasteiger partial charge is 0.457 e. The molecule has 9 heterocycles. The van der Waals surface area contributed by atoms with Crippen LogP contribution in [0.1, 0.15) is 90.8 Å². The van der Waals surface area contributed by atoms with Crippen molar-refractivity contribution in [3.05, 3.63) is 221 Å². The molecule has 15 rings (SSSR count). The number of fused-ring (bicyclic) bond motifs is 3. The quantitative estimate of drug-likeness (QED) is 0.0196.